The van der Waals surface area contributed by atoms with Gasteiger partial charge in [-0.2, -0.15) is 0 Å². The molecule has 1 nitrogen and oxygen atoms in total. The summed E-state index contributed by atoms with van der Waals surface area (Å²) in [5.74, 6) is 0. The third-order valence-electron chi connectivity index (χ3n) is 2.89. The van der Waals surface area contributed by atoms with Gasteiger partial charge in [0.1, 0.15) is 6.54 Å². The van der Waals surface area contributed by atoms with Crippen LogP contribution in [0, 0.1) is 0 Å². The van der Waals surface area contributed by atoms with Crippen LogP contribution in [0.15, 0.2) is 24.5 Å². The van der Waals surface area contributed by atoms with Crippen molar-refractivity contribution in [2.24, 2.45) is 0 Å². The maximum Gasteiger partial charge on any atom is 0.169 e. The van der Waals surface area contributed by atoms with Gasteiger partial charge in [0.15, 0.2) is 12.4 Å². The highest BCUT2D eigenvalue weighted by Crippen LogP contribution is 2.07. The molecule has 1 heteroatoms. The van der Waals surface area contributed by atoms with Crippen molar-refractivity contribution in [2.75, 3.05) is 0 Å². The van der Waals surface area contributed by atoms with Gasteiger partial charge in [0.2, 0.25) is 0 Å². The van der Waals surface area contributed by atoms with Crippen LogP contribution in [-0.4, -0.2) is 0 Å². The van der Waals surface area contributed by atoms with E-state index >= 15 is 0 Å². The Morgan fingerprint density at radius 3 is 2.20 bits per heavy atom. The topological polar surface area (TPSA) is 3.88 Å². The minimum atomic E-state index is 1.07. The van der Waals surface area contributed by atoms with Gasteiger partial charge in [0, 0.05) is 12.1 Å². The largest absolute Gasteiger partial charge is 0.205 e. The molecule has 0 bridgehead atoms. The lowest BCUT2D eigenvalue weighted by molar-refractivity contribution is -0.693. The van der Waals surface area contributed by atoms with E-state index in [-0.39, 0.29) is 0 Å². The first-order valence-corrected chi connectivity index (χ1v) is 6.34. The summed E-state index contributed by atoms with van der Waals surface area (Å²) in [5.41, 5.74) is 1.48. The fourth-order valence-corrected chi connectivity index (χ4v) is 1.80. The maximum atomic E-state index is 2.26. The molecule has 0 aromatic carbocycles. The van der Waals surface area contributed by atoms with Crippen LogP contribution in [0.5, 0.6) is 0 Å². The molecule has 0 aliphatic rings. The number of aromatic nitrogens is 1. The minimum absolute atomic E-state index is 1.07. The molecule has 1 aromatic rings. The Kier molecular flexibility index (Phi) is 6.06. The van der Waals surface area contributed by atoms with E-state index in [4.69, 9.17) is 0 Å². The smallest absolute Gasteiger partial charge is 0.169 e. The molecule has 0 fully saturated rings. The number of aryl methyl sites for hydroxylation is 2. The summed E-state index contributed by atoms with van der Waals surface area (Å²) < 4.78 is 2.21. The van der Waals surface area contributed by atoms with E-state index in [9.17, 15) is 0 Å². The van der Waals surface area contributed by atoms with E-state index in [1.54, 1.807) is 0 Å². The van der Waals surface area contributed by atoms with Crippen molar-refractivity contribution in [3.63, 3.8) is 0 Å². The molecule has 84 valence electrons. The summed E-state index contributed by atoms with van der Waals surface area (Å²) in [6.45, 7) is 5.50. The SMILES string of the molecule is CCCCCCCc1cc[n+](CC)cc1. The second kappa shape index (κ2) is 7.44. The molecule has 0 N–H and O–H groups in total. The normalized spacial score (nSPS) is 10.5. The Morgan fingerprint density at radius 2 is 1.60 bits per heavy atom. The Bertz CT molecular complexity index is 251. The van der Waals surface area contributed by atoms with Crippen LogP contribution in [0.3, 0.4) is 0 Å². The number of hydrogen-bond donors (Lipinski definition) is 0. The number of unbranched alkanes of at least 4 members (excludes halogenated alkanes) is 4. The Morgan fingerprint density at radius 1 is 0.933 bits per heavy atom. The minimum Gasteiger partial charge on any atom is -0.205 e. The van der Waals surface area contributed by atoms with Crippen molar-refractivity contribution < 1.29 is 4.57 Å². The number of pyridine rings is 1. The zero-order valence-corrected chi connectivity index (χ0v) is 10.2. The lowest BCUT2D eigenvalue weighted by Gasteiger charge is -2.00. The third kappa shape index (κ3) is 4.96. The van der Waals surface area contributed by atoms with Crippen LogP contribution in [0.2, 0.25) is 0 Å². The summed E-state index contributed by atoms with van der Waals surface area (Å²) in [7, 11) is 0. The van der Waals surface area contributed by atoms with Crippen LogP contribution in [0.4, 0.5) is 0 Å². The monoisotopic (exact) mass is 206 g/mol. The summed E-state index contributed by atoms with van der Waals surface area (Å²) in [5, 5.41) is 0. The highest BCUT2D eigenvalue weighted by molar-refractivity contribution is 5.07. The number of nitrogens with zero attached hydrogens (tertiary/aromatic N) is 1. The zero-order valence-electron chi connectivity index (χ0n) is 10.2. The van der Waals surface area contributed by atoms with E-state index in [1.807, 2.05) is 0 Å². The molecular weight excluding hydrogens is 182 g/mol. The Hall–Kier alpha value is -0.850. The van der Waals surface area contributed by atoms with Crippen molar-refractivity contribution >= 4 is 0 Å². The zero-order chi connectivity index (χ0) is 10.9. The van der Waals surface area contributed by atoms with Crippen molar-refractivity contribution in [3.05, 3.63) is 30.1 Å². The molecule has 0 amide bonds. The summed E-state index contributed by atoms with van der Waals surface area (Å²) in [4.78, 5) is 0. The standard InChI is InChI=1S/C14H24N/c1-3-5-6-7-8-9-14-10-12-15(4-2)13-11-14/h10-13H,3-9H2,1-2H3/q+1. The highest BCUT2D eigenvalue weighted by Gasteiger charge is 1.97. The van der Waals surface area contributed by atoms with Crippen molar-refractivity contribution in [1.29, 1.82) is 0 Å². The van der Waals surface area contributed by atoms with Crippen molar-refractivity contribution in [1.82, 2.24) is 0 Å². The average Bonchev–Trinajstić information content (AvgIpc) is 2.30. The maximum absolute atomic E-state index is 2.26. The van der Waals surface area contributed by atoms with Gasteiger partial charge in [-0.15, -0.1) is 0 Å². The molecule has 0 radical (unpaired) electrons. The molecule has 0 atom stereocenters. The van der Waals surface area contributed by atoms with E-state index in [0.29, 0.717) is 0 Å². The van der Waals surface area contributed by atoms with Gasteiger partial charge < -0.3 is 0 Å². The predicted octanol–water partition coefficient (Wildman–Crippen LogP) is 3.51. The number of hydrogen-bond acceptors (Lipinski definition) is 0. The molecule has 0 aliphatic heterocycles. The molecular formula is C14H24N+. The second-order valence-corrected chi connectivity index (χ2v) is 4.20. The fraction of sp³-hybridized carbons (Fsp3) is 0.643. The van der Waals surface area contributed by atoms with Gasteiger partial charge in [0.05, 0.1) is 0 Å². The van der Waals surface area contributed by atoms with E-state index in [2.05, 4.69) is 42.9 Å². The molecule has 1 aromatic heterocycles. The van der Waals surface area contributed by atoms with Gasteiger partial charge in [-0.25, -0.2) is 4.57 Å². The van der Waals surface area contributed by atoms with Crippen LogP contribution >= 0.6 is 0 Å². The van der Waals surface area contributed by atoms with Crippen LogP contribution in [-0.2, 0) is 13.0 Å². The first kappa shape index (κ1) is 12.2. The molecule has 0 unspecified atom stereocenters. The summed E-state index contributed by atoms with van der Waals surface area (Å²) in [6.07, 6.45) is 12.5. The van der Waals surface area contributed by atoms with Gasteiger partial charge in [0.25, 0.3) is 0 Å². The highest BCUT2D eigenvalue weighted by atomic mass is 14.9. The first-order chi connectivity index (χ1) is 7.36. The molecule has 15 heavy (non-hydrogen) atoms. The van der Waals surface area contributed by atoms with Crippen LogP contribution in [0.1, 0.15) is 51.5 Å². The molecule has 0 aliphatic carbocycles. The van der Waals surface area contributed by atoms with Gasteiger partial charge in [-0.3, -0.25) is 0 Å². The first-order valence-electron chi connectivity index (χ1n) is 6.34. The Balaban J connectivity index is 2.20. The Labute approximate surface area is 94.1 Å². The predicted molar refractivity (Wildman–Crippen MR) is 64.8 cm³/mol. The van der Waals surface area contributed by atoms with E-state index < -0.39 is 0 Å². The lowest BCUT2D eigenvalue weighted by atomic mass is 10.1. The van der Waals surface area contributed by atoms with E-state index in [0.717, 1.165) is 6.54 Å². The fourth-order valence-electron chi connectivity index (χ4n) is 1.80. The number of rotatable bonds is 7. The van der Waals surface area contributed by atoms with Crippen molar-refractivity contribution in [2.45, 2.75) is 58.9 Å². The molecule has 1 rings (SSSR count). The summed E-state index contributed by atoms with van der Waals surface area (Å²) >= 11 is 0. The van der Waals surface area contributed by atoms with Crippen LogP contribution < -0.4 is 4.57 Å². The molecule has 1 heterocycles. The van der Waals surface area contributed by atoms with Crippen molar-refractivity contribution in [3.8, 4) is 0 Å². The molecule has 0 spiro atoms. The average molecular weight is 206 g/mol. The second-order valence-electron chi connectivity index (χ2n) is 4.20. The van der Waals surface area contributed by atoms with Gasteiger partial charge in [-0.1, -0.05) is 32.6 Å². The quantitative estimate of drug-likeness (QED) is 0.475. The molecule has 0 saturated carbocycles. The summed E-state index contributed by atoms with van der Waals surface area (Å²) in [6, 6.07) is 4.51. The van der Waals surface area contributed by atoms with Crippen LogP contribution in [0.25, 0.3) is 0 Å². The lowest BCUT2D eigenvalue weighted by Crippen LogP contribution is -2.30. The third-order valence-corrected chi connectivity index (χ3v) is 2.89. The van der Waals surface area contributed by atoms with Gasteiger partial charge in [-0.05, 0) is 25.3 Å². The van der Waals surface area contributed by atoms with E-state index in [1.165, 1.54) is 44.1 Å². The van der Waals surface area contributed by atoms with Gasteiger partial charge >= 0.3 is 0 Å². The molecule has 0 saturated heterocycles.